The molecule has 0 aromatic carbocycles. The Kier molecular flexibility index (Phi) is 11.4. The highest BCUT2D eigenvalue weighted by atomic mass is 32.1. The van der Waals surface area contributed by atoms with E-state index in [2.05, 4.69) is 51.2 Å². The van der Waals surface area contributed by atoms with Crippen LogP contribution in [0.4, 0.5) is 0 Å². The molecule has 1 aromatic rings. The summed E-state index contributed by atoms with van der Waals surface area (Å²) in [4.78, 5) is 55.7. The zero-order valence-corrected chi connectivity index (χ0v) is 19.2. The first-order valence-electron chi connectivity index (χ1n) is 9.67. The Morgan fingerprint density at radius 3 is 2.10 bits per heavy atom. The van der Waals surface area contributed by atoms with Gasteiger partial charge in [-0.1, -0.05) is 13.8 Å². The number of hydrogen-bond acceptors (Lipinski definition) is 8. The van der Waals surface area contributed by atoms with Crippen LogP contribution in [0.15, 0.2) is 12.5 Å². The van der Waals surface area contributed by atoms with Crippen molar-refractivity contribution in [3.63, 3.8) is 0 Å². The third kappa shape index (κ3) is 9.19. The number of H-pyrrole nitrogens is 1. The lowest BCUT2D eigenvalue weighted by Gasteiger charge is -2.24. The number of rotatable bonds is 13. The van der Waals surface area contributed by atoms with E-state index in [0.717, 1.165) is 0 Å². The largest absolute Gasteiger partial charge is 0.480 e. The van der Waals surface area contributed by atoms with Gasteiger partial charge in [-0.05, 0) is 12.3 Å². The van der Waals surface area contributed by atoms with Crippen LogP contribution in [-0.2, 0) is 25.6 Å². The van der Waals surface area contributed by atoms with Crippen molar-refractivity contribution < 1.29 is 24.3 Å². The van der Waals surface area contributed by atoms with Crippen molar-refractivity contribution in [1.82, 2.24) is 25.9 Å². The second-order valence-electron chi connectivity index (χ2n) is 7.40. The number of carboxylic acid groups (broad SMARTS) is 1. The monoisotopic (exact) mass is 474 g/mol. The predicted molar refractivity (Wildman–Crippen MR) is 121 cm³/mol. The second kappa shape index (κ2) is 13.2. The highest BCUT2D eigenvalue weighted by Gasteiger charge is 2.30. The van der Waals surface area contributed by atoms with Crippen LogP contribution in [-0.4, -0.2) is 74.4 Å². The first-order valence-corrected chi connectivity index (χ1v) is 10.9. The third-order valence-corrected chi connectivity index (χ3v) is 5.04. The molecule has 3 amide bonds. The number of aliphatic carboxylic acids is 1. The van der Waals surface area contributed by atoms with E-state index in [1.165, 1.54) is 12.5 Å². The van der Waals surface area contributed by atoms with E-state index in [1.807, 2.05) is 13.8 Å². The molecule has 4 atom stereocenters. The number of nitrogens with two attached hydrogens (primary N) is 1. The molecule has 1 rings (SSSR count). The fourth-order valence-corrected chi connectivity index (χ4v) is 3.04. The fourth-order valence-electron chi connectivity index (χ4n) is 2.62. The molecule has 11 nitrogen and oxygen atoms in total. The molecule has 0 saturated heterocycles. The molecule has 0 aliphatic carbocycles. The number of carboxylic acids is 1. The van der Waals surface area contributed by atoms with Crippen LogP contribution in [0.25, 0.3) is 0 Å². The molecule has 4 unspecified atom stereocenters. The number of carbonyl (C=O) groups is 4. The van der Waals surface area contributed by atoms with Crippen LogP contribution in [0.3, 0.4) is 0 Å². The van der Waals surface area contributed by atoms with Gasteiger partial charge in [-0.3, -0.25) is 14.4 Å². The maximum atomic E-state index is 12.8. The van der Waals surface area contributed by atoms with E-state index in [4.69, 9.17) is 5.73 Å². The molecule has 1 aromatic heterocycles. The Balaban J connectivity index is 2.89. The molecule has 0 bridgehead atoms. The van der Waals surface area contributed by atoms with Gasteiger partial charge < -0.3 is 31.8 Å². The molecule has 1 heterocycles. The summed E-state index contributed by atoms with van der Waals surface area (Å²) in [5, 5.41) is 16.8. The normalized spacial score (nSPS) is 14.9. The first kappa shape index (κ1) is 26.8. The lowest BCUT2D eigenvalue weighted by molar-refractivity contribution is -0.142. The van der Waals surface area contributed by atoms with E-state index in [0.29, 0.717) is 5.69 Å². The number of carbonyl (C=O) groups excluding carboxylic acids is 3. The van der Waals surface area contributed by atoms with Gasteiger partial charge in [0.2, 0.25) is 17.7 Å². The van der Waals surface area contributed by atoms with Crippen LogP contribution < -0.4 is 21.7 Å². The summed E-state index contributed by atoms with van der Waals surface area (Å²) in [5.74, 6) is -3.05. The van der Waals surface area contributed by atoms with Gasteiger partial charge in [-0.2, -0.15) is 25.3 Å². The quantitative estimate of drug-likeness (QED) is 0.164. The summed E-state index contributed by atoms with van der Waals surface area (Å²) >= 11 is 8.07. The van der Waals surface area contributed by atoms with Gasteiger partial charge in [0.05, 0.1) is 12.4 Å². The average molecular weight is 475 g/mol. The molecule has 0 saturated carbocycles. The Morgan fingerprint density at radius 1 is 1.03 bits per heavy atom. The lowest BCUT2D eigenvalue weighted by Crippen LogP contribution is -2.58. The van der Waals surface area contributed by atoms with Gasteiger partial charge in [0.25, 0.3) is 0 Å². The summed E-state index contributed by atoms with van der Waals surface area (Å²) in [6, 6.07) is -4.18. The van der Waals surface area contributed by atoms with Gasteiger partial charge >= 0.3 is 5.97 Å². The Labute approximate surface area is 191 Å². The fraction of sp³-hybridized carbons (Fsp3) is 0.611. The van der Waals surface area contributed by atoms with Gasteiger partial charge in [-0.15, -0.1) is 0 Å². The van der Waals surface area contributed by atoms with Crippen LogP contribution in [0.5, 0.6) is 0 Å². The number of aromatic nitrogens is 2. The van der Waals surface area contributed by atoms with Crippen LogP contribution in [0, 0.1) is 5.92 Å². The van der Waals surface area contributed by atoms with Gasteiger partial charge in [0.15, 0.2) is 0 Å². The SMILES string of the molecule is CC(C)CC(NC(=O)C(CS)NC(=O)C(Cc1cnc[nH]1)NC(=O)C(N)CS)C(=O)O. The zero-order valence-electron chi connectivity index (χ0n) is 17.4. The number of thiol groups is 2. The molecule has 0 radical (unpaired) electrons. The predicted octanol–water partition coefficient (Wildman–Crippen LogP) is -1.28. The highest BCUT2D eigenvalue weighted by molar-refractivity contribution is 7.80. The number of aromatic amines is 1. The summed E-state index contributed by atoms with van der Waals surface area (Å²) in [6.07, 6.45) is 3.23. The Morgan fingerprint density at radius 2 is 1.61 bits per heavy atom. The molecule has 174 valence electrons. The number of hydrogen-bond donors (Lipinski definition) is 8. The molecule has 0 spiro atoms. The van der Waals surface area contributed by atoms with Crippen molar-refractivity contribution in [3.05, 3.63) is 18.2 Å². The van der Waals surface area contributed by atoms with Crippen molar-refractivity contribution in [2.45, 2.75) is 50.9 Å². The minimum Gasteiger partial charge on any atom is -0.480 e. The van der Waals surface area contributed by atoms with E-state index in [9.17, 15) is 24.3 Å². The summed E-state index contributed by atoms with van der Waals surface area (Å²) < 4.78 is 0. The average Bonchev–Trinajstić information content (AvgIpc) is 3.22. The van der Waals surface area contributed by atoms with E-state index >= 15 is 0 Å². The molecule has 0 aliphatic rings. The number of imidazole rings is 1. The minimum atomic E-state index is -1.17. The standard InChI is InChI=1S/C18H30N6O5S2/c1-9(2)3-13(18(28)29)23-17(27)14(7-31)24-16(26)12(4-10-5-20-8-21-10)22-15(25)11(19)6-30/h5,8-9,11-14,30-31H,3-4,6-7,19H2,1-2H3,(H,20,21)(H,22,25)(H,23,27)(H,24,26)(H,28,29). The summed E-state index contributed by atoms with van der Waals surface area (Å²) in [5.41, 5.74) is 6.24. The Hall–Kier alpha value is -2.25. The van der Waals surface area contributed by atoms with E-state index in [1.54, 1.807) is 0 Å². The van der Waals surface area contributed by atoms with Crippen molar-refractivity contribution in [2.75, 3.05) is 11.5 Å². The first-order chi connectivity index (χ1) is 14.6. The van der Waals surface area contributed by atoms with Crippen LogP contribution in [0.1, 0.15) is 26.0 Å². The molecule has 0 aliphatic heterocycles. The van der Waals surface area contributed by atoms with Crippen molar-refractivity contribution >= 4 is 48.9 Å². The smallest absolute Gasteiger partial charge is 0.326 e. The lowest BCUT2D eigenvalue weighted by atomic mass is 10.0. The maximum Gasteiger partial charge on any atom is 0.326 e. The van der Waals surface area contributed by atoms with Gasteiger partial charge in [0.1, 0.15) is 18.1 Å². The van der Waals surface area contributed by atoms with Gasteiger partial charge in [0, 0.05) is 29.8 Å². The third-order valence-electron chi connectivity index (χ3n) is 4.28. The van der Waals surface area contributed by atoms with Crippen molar-refractivity contribution in [2.24, 2.45) is 11.7 Å². The van der Waals surface area contributed by atoms with Crippen molar-refractivity contribution in [3.8, 4) is 0 Å². The number of amides is 3. The maximum absolute atomic E-state index is 12.8. The van der Waals surface area contributed by atoms with E-state index < -0.39 is 47.9 Å². The molecule has 31 heavy (non-hydrogen) atoms. The molecule has 7 N–H and O–H groups in total. The second-order valence-corrected chi connectivity index (χ2v) is 8.13. The number of nitrogens with one attached hydrogen (secondary N) is 4. The van der Waals surface area contributed by atoms with E-state index in [-0.39, 0.29) is 30.3 Å². The Bertz CT molecular complexity index is 746. The molecular weight excluding hydrogens is 444 g/mol. The topological polar surface area (TPSA) is 179 Å². The molecule has 13 heteroatoms. The molecular formula is C18H30N6O5S2. The van der Waals surface area contributed by atoms with Crippen LogP contribution in [0.2, 0.25) is 0 Å². The minimum absolute atomic E-state index is 0.0375. The summed E-state index contributed by atoms with van der Waals surface area (Å²) in [6.45, 7) is 3.66. The number of nitrogens with zero attached hydrogens (tertiary/aromatic N) is 1. The van der Waals surface area contributed by atoms with Crippen LogP contribution >= 0.6 is 25.3 Å². The summed E-state index contributed by atoms with van der Waals surface area (Å²) in [7, 11) is 0. The van der Waals surface area contributed by atoms with Crippen molar-refractivity contribution in [1.29, 1.82) is 0 Å². The highest BCUT2D eigenvalue weighted by Crippen LogP contribution is 2.06. The molecule has 0 fully saturated rings. The zero-order chi connectivity index (χ0) is 23.6. The van der Waals surface area contributed by atoms with Gasteiger partial charge in [-0.25, -0.2) is 9.78 Å².